The fraction of sp³-hybridized carbons (Fsp3) is 0.263. The summed E-state index contributed by atoms with van der Waals surface area (Å²) in [6.45, 7) is 0.959. The van der Waals surface area contributed by atoms with Crippen LogP contribution in [0.25, 0.3) is 0 Å². The number of nitro groups is 1. The Kier molecular flexibility index (Phi) is 6.25. The number of rotatable bonds is 7. The Morgan fingerprint density at radius 2 is 1.89 bits per heavy atom. The van der Waals surface area contributed by atoms with Gasteiger partial charge in [0.15, 0.2) is 0 Å². The molecule has 0 aliphatic carbocycles. The van der Waals surface area contributed by atoms with Crippen LogP contribution in [-0.2, 0) is 9.59 Å². The van der Waals surface area contributed by atoms with E-state index in [2.05, 4.69) is 26.6 Å². The number of halogens is 1. The predicted octanol–water partition coefficient (Wildman–Crippen LogP) is 2.94. The quantitative estimate of drug-likeness (QED) is 0.386. The third kappa shape index (κ3) is 4.48. The maximum Gasteiger partial charge on any atom is 0.292 e. The molecular formula is C19H19BrN4O4. The highest BCUT2D eigenvalue weighted by atomic mass is 79.9. The number of nitro benzene ring substituents is 1. The molecule has 0 saturated carbocycles. The van der Waals surface area contributed by atoms with Gasteiger partial charge in [-0.2, -0.15) is 0 Å². The zero-order valence-corrected chi connectivity index (χ0v) is 16.5. The molecule has 0 aromatic heterocycles. The normalized spacial score (nSPS) is 16.1. The van der Waals surface area contributed by atoms with Crippen LogP contribution in [-0.4, -0.2) is 36.4 Å². The van der Waals surface area contributed by atoms with Crippen molar-refractivity contribution in [3.8, 4) is 0 Å². The number of para-hydroxylation sites is 3. The fourth-order valence-electron chi connectivity index (χ4n) is 3.10. The molecule has 2 N–H and O–H groups in total. The summed E-state index contributed by atoms with van der Waals surface area (Å²) < 4.78 is 0.804. The lowest BCUT2D eigenvalue weighted by Crippen LogP contribution is -2.35. The minimum atomic E-state index is -0.457. The first-order chi connectivity index (χ1) is 13.5. The first-order valence-electron chi connectivity index (χ1n) is 8.77. The second kappa shape index (κ2) is 8.83. The lowest BCUT2D eigenvalue weighted by molar-refractivity contribution is -0.384. The topological polar surface area (TPSA) is 105 Å². The maximum absolute atomic E-state index is 12.4. The third-order valence-electron chi connectivity index (χ3n) is 4.48. The molecular weight excluding hydrogens is 428 g/mol. The Hall–Kier alpha value is -2.94. The van der Waals surface area contributed by atoms with E-state index in [9.17, 15) is 19.7 Å². The zero-order valence-electron chi connectivity index (χ0n) is 14.9. The summed E-state index contributed by atoms with van der Waals surface area (Å²) in [5, 5.41) is 16.7. The molecule has 1 aliphatic rings. The molecule has 0 radical (unpaired) electrons. The molecule has 1 saturated heterocycles. The highest BCUT2D eigenvalue weighted by molar-refractivity contribution is 9.10. The number of anilines is 2. The summed E-state index contributed by atoms with van der Waals surface area (Å²) in [6.07, 6.45) is 0.157. The zero-order chi connectivity index (χ0) is 20.1. The summed E-state index contributed by atoms with van der Waals surface area (Å²) in [6, 6.07) is 13.7. The maximum atomic E-state index is 12.4. The van der Waals surface area contributed by atoms with E-state index in [0.29, 0.717) is 25.3 Å². The molecule has 8 nitrogen and oxygen atoms in total. The van der Waals surface area contributed by atoms with E-state index in [1.165, 1.54) is 6.07 Å². The van der Waals surface area contributed by atoms with Gasteiger partial charge in [-0.05, 0) is 34.1 Å². The van der Waals surface area contributed by atoms with Crippen LogP contribution in [0.1, 0.15) is 6.42 Å². The molecule has 3 rings (SSSR count). The van der Waals surface area contributed by atoms with Crippen molar-refractivity contribution in [2.45, 2.75) is 6.42 Å². The van der Waals surface area contributed by atoms with Crippen LogP contribution in [0.15, 0.2) is 53.0 Å². The standard InChI is InChI=1S/C19H19BrN4O4/c20-14-5-1-3-7-16(14)23-12-13(11-18(23)25)19(26)22-10-9-21-15-6-2-4-8-17(15)24(27)28/h1-8,13,21H,9-12H2,(H,22,26). The first kappa shape index (κ1) is 19.8. The number of carbonyl (C=O) groups excluding carboxylic acids is 2. The van der Waals surface area contributed by atoms with E-state index in [1.807, 2.05) is 24.3 Å². The fourth-order valence-corrected chi connectivity index (χ4v) is 3.60. The molecule has 1 fully saturated rings. The predicted molar refractivity (Wildman–Crippen MR) is 109 cm³/mol. The minimum Gasteiger partial charge on any atom is -0.378 e. The second-order valence-electron chi connectivity index (χ2n) is 6.35. The number of hydrogen-bond donors (Lipinski definition) is 2. The Balaban J connectivity index is 1.50. The molecule has 9 heteroatoms. The second-order valence-corrected chi connectivity index (χ2v) is 7.20. The van der Waals surface area contributed by atoms with Crippen LogP contribution in [0, 0.1) is 16.0 Å². The molecule has 0 spiro atoms. The third-order valence-corrected chi connectivity index (χ3v) is 5.15. The van der Waals surface area contributed by atoms with Crippen LogP contribution < -0.4 is 15.5 Å². The number of benzene rings is 2. The monoisotopic (exact) mass is 446 g/mol. The van der Waals surface area contributed by atoms with E-state index >= 15 is 0 Å². The van der Waals surface area contributed by atoms with Gasteiger partial charge >= 0.3 is 0 Å². The summed E-state index contributed by atoms with van der Waals surface area (Å²) in [5.74, 6) is -0.719. The van der Waals surface area contributed by atoms with E-state index in [-0.39, 0.29) is 23.9 Å². The lowest BCUT2D eigenvalue weighted by atomic mass is 10.1. The first-order valence-corrected chi connectivity index (χ1v) is 9.56. The molecule has 2 aromatic carbocycles. The average molecular weight is 447 g/mol. The molecule has 1 unspecified atom stereocenters. The van der Waals surface area contributed by atoms with Crippen molar-refractivity contribution in [3.63, 3.8) is 0 Å². The SMILES string of the molecule is O=C(NCCNc1ccccc1[N+](=O)[O-])C1CC(=O)N(c2ccccc2Br)C1. The molecule has 1 atom stereocenters. The molecule has 0 bridgehead atoms. The largest absolute Gasteiger partial charge is 0.378 e. The van der Waals surface area contributed by atoms with Crippen molar-refractivity contribution in [1.29, 1.82) is 0 Å². The molecule has 146 valence electrons. The molecule has 28 heavy (non-hydrogen) atoms. The van der Waals surface area contributed by atoms with Crippen molar-refractivity contribution in [3.05, 3.63) is 63.1 Å². The highest BCUT2D eigenvalue weighted by Gasteiger charge is 2.35. The minimum absolute atomic E-state index is 0.0145. The van der Waals surface area contributed by atoms with E-state index < -0.39 is 10.8 Å². The van der Waals surface area contributed by atoms with E-state index in [4.69, 9.17) is 0 Å². The molecule has 2 aromatic rings. The van der Waals surface area contributed by atoms with Gasteiger partial charge in [0.25, 0.3) is 5.69 Å². The van der Waals surface area contributed by atoms with Crippen LogP contribution in [0.5, 0.6) is 0 Å². The number of carbonyl (C=O) groups is 2. The Bertz CT molecular complexity index is 905. The van der Waals surface area contributed by atoms with Crippen molar-refractivity contribution in [2.24, 2.45) is 5.92 Å². The molecule has 2 amide bonds. The van der Waals surface area contributed by atoms with Crippen molar-refractivity contribution in [2.75, 3.05) is 29.9 Å². The number of nitrogens with zero attached hydrogens (tertiary/aromatic N) is 2. The molecule has 1 heterocycles. The summed E-state index contributed by atoms with van der Waals surface area (Å²) in [5.41, 5.74) is 1.14. The van der Waals surface area contributed by atoms with Crippen LogP contribution >= 0.6 is 15.9 Å². The van der Waals surface area contributed by atoms with Gasteiger partial charge in [0.1, 0.15) is 5.69 Å². The van der Waals surface area contributed by atoms with Crippen molar-refractivity contribution >= 4 is 44.8 Å². The van der Waals surface area contributed by atoms with Gasteiger partial charge in [-0.25, -0.2) is 0 Å². The van der Waals surface area contributed by atoms with Gasteiger partial charge in [-0.3, -0.25) is 19.7 Å². The Morgan fingerprint density at radius 1 is 1.18 bits per heavy atom. The van der Waals surface area contributed by atoms with Crippen LogP contribution in [0.4, 0.5) is 17.1 Å². The van der Waals surface area contributed by atoms with E-state index in [1.54, 1.807) is 23.1 Å². The lowest BCUT2D eigenvalue weighted by Gasteiger charge is -2.18. The van der Waals surface area contributed by atoms with E-state index in [0.717, 1.165) is 10.2 Å². The van der Waals surface area contributed by atoms with Crippen LogP contribution in [0.3, 0.4) is 0 Å². The summed E-state index contributed by atoms with van der Waals surface area (Å²) in [7, 11) is 0. The van der Waals surface area contributed by atoms with Gasteiger partial charge in [-0.15, -0.1) is 0 Å². The van der Waals surface area contributed by atoms with Crippen LogP contribution in [0.2, 0.25) is 0 Å². The Morgan fingerprint density at radius 3 is 2.64 bits per heavy atom. The van der Waals surface area contributed by atoms with Crippen molar-refractivity contribution < 1.29 is 14.5 Å². The number of hydrogen-bond acceptors (Lipinski definition) is 5. The van der Waals surface area contributed by atoms with Crippen molar-refractivity contribution in [1.82, 2.24) is 5.32 Å². The van der Waals surface area contributed by atoms with Gasteiger partial charge in [0.2, 0.25) is 11.8 Å². The Labute approximate surface area is 170 Å². The summed E-state index contributed by atoms with van der Waals surface area (Å²) >= 11 is 3.43. The highest BCUT2D eigenvalue weighted by Crippen LogP contribution is 2.31. The number of amides is 2. The summed E-state index contributed by atoms with van der Waals surface area (Å²) in [4.78, 5) is 36.9. The van der Waals surface area contributed by atoms with Gasteiger partial charge in [0.05, 0.1) is 16.5 Å². The average Bonchev–Trinajstić information content (AvgIpc) is 3.07. The number of nitrogens with one attached hydrogen (secondary N) is 2. The van der Waals surface area contributed by atoms with Gasteiger partial charge in [-0.1, -0.05) is 24.3 Å². The molecule has 1 aliphatic heterocycles. The van der Waals surface area contributed by atoms with Gasteiger partial charge < -0.3 is 15.5 Å². The smallest absolute Gasteiger partial charge is 0.292 e. The van der Waals surface area contributed by atoms with Gasteiger partial charge in [0, 0.05) is 36.6 Å².